The molecule has 0 radical (unpaired) electrons. The molecule has 1 amide bonds. The Morgan fingerprint density at radius 1 is 1.11 bits per heavy atom. The average molecular weight is 383 g/mol. The Bertz CT molecular complexity index is 771. The number of benzene rings is 2. The molecule has 27 heavy (non-hydrogen) atoms. The largest absolute Gasteiger partial charge is 0.497 e. The summed E-state index contributed by atoms with van der Waals surface area (Å²) in [4.78, 5) is 17.4. The van der Waals surface area contributed by atoms with Crippen molar-refractivity contribution in [1.82, 2.24) is 10.2 Å². The first-order chi connectivity index (χ1) is 13.2. The second-order valence-corrected chi connectivity index (χ2v) is 8.60. The van der Waals surface area contributed by atoms with Crippen LogP contribution in [0.25, 0.3) is 0 Å². The minimum absolute atomic E-state index is 0.0421. The molecule has 5 rings (SSSR count). The molecule has 0 saturated carbocycles. The fourth-order valence-corrected chi connectivity index (χ4v) is 4.91. The van der Waals surface area contributed by atoms with Crippen molar-refractivity contribution in [2.24, 2.45) is 5.92 Å². The highest BCUT2D eigenvalue weighted by molar-refractivity contribution is 7.99. The average Bonchev–Trinajstić information content (AvgIpc) is 3.01. The van der Waals surface area contributed by atoms with Gasteiger partial charge in [-0.25, -0.2) is 0 Å². The number of ether oxygens (including phenoxy) is 1. The highest BCUT2D eigenvalue weighted by Crippen LogP contribution is 2.30. The minimum Gasteiger partial charge on any atom is -0.497 e. The van der Waals surface area contributed by atoms with Crippen LogP contribution in [0, 0.1) is 5.92 Å². The van der Waals surface area contributed by atoms with Gasteiger partial charge in [-0.3, -0.25) is 4.79 Å². The smallest absolute Gasteiger partial charge is 0.251 e. The fourth-order valence-electron chi connectivity index (χ4n) is 4.04. The maximum absolute atomic E-state index is 12.7. The molecule has 1 atom stereocenters. The molecule has 0 aromatic heterocycles. The van der Waals surface area contributed by atoms with Crippen LogP contribution in [0.4, 0.5) is 0 Å². The minimum atomic E-state index is 0.0421. The summed E-state index contributed by atoms with van der Waals surface area (Å²) >= 11 is 1.67. The first kappa shape index (κ1) is 18.4. The van der Waals surface area contributed by atoms with Crippen LogP contribution in [-0.4, -0.2) is 43.6 Å². The Labute approximate surface area is 165 Å². The van der Waals surface area contributed by atoms with Gasteiger partial charge in [0.1, 0.15) is 5.75 Å². The lowest BCUT2D eigenvalue weighted by atomic mass is 9.94. The molecule has 2 bridgehead atoms. The number of carbonyl (C=O) groups is 1. The molecule has 5 heteroatoms. The van der Waals surface area contributed by atoms with E-state index in [2.05, 4.69) is 16.3 Å². The highest BCUT2D eigenvalue weighted by Gasteiger charge is 2.29. The molecular formula is C22H26N2O2S. The van der Waals surface area contributed by atoms with Crippen molar-refractivity contribution >= 4 is 17.7 Å². The Hall–Kier alpha value is -1.98. The SMILES string of the molecule is COc1cccc(Sc2ccc(C(=O)NC3CC4CCN(CC4)C3)cc2)c1. The predicted octanol–water partition coefficient (Wildman–Crippen LogP) is 4.06. The van der Waals surface area contributed by atoms with Crippen LogP contribution < -0.4 is 10.1 Å². The van der Waals surface area contributed by atoms with Crippen LogP contribution >= 0.6 is 11.8 Å². The highest BCUT2D eigenvalue weighted by atomic mass is 32.2. The van der Waals surface area contributed by atoms with Crippen LogP contribution in [0.15, 0.2) is 58.3 Å². The molecule has 3 heterocycles. The number of piperidine rings is 1. The molecule has 3 saturated heterocycles. The Morgan fingerprint density at radius 2 is 1.89 bits per heavy atom. The zero-order valence-corrected chi connectivity index (χ0v) is 16.5. The van der Waals surface area contributed by atoms with Crippen LogP contribution in [0.2, 0.25) is 0 Å². The number of carbonyl (C=O) groups excluding carboxylic acids is 1. The fraction of sp³-hybridized carbons (Fsp3) is 0.409. The van der Waals surface area contributed by atoms with Crippen molar-refractivity contribution < 1.29 is 9.53 Å². The van der Waals surface area contributed by atoms with E-state index in [0.29, 0.717) is 0 Å². The molecule has 2 aromatic rings. The molecule has 142 valence electrons. The lowest BCUT2D eigenvalue weighted by Crippen LogP contribution is -2.41. The number of hydrogen-bond donors (Lipinski definition) is 1. The van der Waals surface area contributed by atoms with Crippen LogP contribution in [-0.2, 0) is 0 Å². The molecular weight excluding hydrogens is 356 g/mol. The maximum Gasteiger partial charge on any atom is 0.251 e. The Kier molecular flexibility index (Phi) is 5.69. The number of amides is 1. The van der Waals surface area contributed by atoms with E-state index in [1.165, 1.54) is 25.9 Å². The zero-order valence-electron chi connectivity index (χ0n) is 15.7. The molecule has 3 aliphatic heterocycles. The Balaban J connectivity index is 1.37. The normalized spacial score (nSPS) is 24.3. The third-order valence-electron chi connectivity index (χ3n) is 5.53. The van der Waals surface area contributed by atoms with Crippen LogP contribution in [0.3, 0.4) is 0 Å². The quantitative estimate of drug-likeness (QED) is 0.847. The summed E-state index contributed by atoms with van der Waals surface area (Å²) < 4.78 is 5.27. The van der Waals surface area contributed by atoms with Crippen molar-refractivity contribution in [2.45, 2.75) is 35.1 Å². The second-order valence-electron chi connectivity index (χ2n) is 7.46. The lowest BCUT2D eigenvalue weighted by Gasteiger charge is -2.26. The molecule has 1 N–H and O–H groups in total. The first-order valence-corrected chi connectivity index (χ1v) is 10.5. The number of rotatable bonds is 5. The summed E-state index contributed by atoms with van der Waals surface area (Å²) in [5, 5.41) is 3.26. The van der Waals surface area contributed by atoms with Gasteiger partial charge in [-0.05, 0) is 80.7 Å². The standard InChI is InChI=1S/C22H26N2O2S/c1-26-19-3-2-4-21(14-19)27-20-7-5-17(6-8-20)22(25)23-18-13-16-9-11-24(15-18)12-10-16/h2-8,14,16,18H,9-13,15H2,1H3,(H,23,25). The number of nitrogens with zero attached hydrogens (tertiary/aromatic N) is 1. The van der Waals surface area contributed by atoms with Crippen LogP contribution in [0.5, 0.6) is 5.75 Å². The second kappa shape index (κ2) is 8.36. The summed E-state index contributed by atoms with van der Waals surface area (Å²) in [5.41, 5.74) is 0.733. The molecule has 2 aromatic carbocycles. The van der Waals surface area contributed by atoms with E-state index in [0.717, 1.165) is 40.0 Å². The van der Waals surface area contributed by atoms with E-state index in [9.17, 15) is 4.79 Å². The van der Waals surface area contributed by atoms with Gasteiger partial charge in [-0.1, -0.05) is 17.8 Å². The van der Waals surface area contributed by atoms with Gasteiger partial charge in [0.15, 0.2) is 0 Å². The van der Waals surface area contributed by atoms with E-state index in [-0.39, 0.29) is 11.9 Å². The van der Waals surface area contributed by atoms with E-state index < -0.39 is 0 Å². The number of fused-ring (bicyclic) bond motifs is 4. The number of nitrogens with one attached hydrogen (secondary N) is 1. The zero-order chi connectivity index (χ0) is 18.6. The van der Waals surface area contributed by atoms with Gasteiger partial charge < -0.3 is 15.0 Å². The van der Waals surface area contributed by atoms with Gasteiger partial charge in [0, 0.05) is 27.9 Å². The Morgan fingerprint density at radius 3 is 2.63 bits per heavy atom. The van der Waals surface area contributed by atoms with Gasteiger partial charge in [-0.2, -0.15) is 0 Å². The summed E-state index contributed by atoms with van der Waals surface area (Å²) in [6.45, 7) is 3.37. The topological polar surface area (TPSA) is 41.6 Å². The number of methoxy groups -OCH3 is 1. The molecule has 0 spiro atoms. The van der Waals surface area contributed by atoms with E-state index in [1.807, 2.05) is 42.5 Å². The van der Waals surface area contributed by atoms with Crippen molar-refractivity contribution in [3.05, 3.63) is 54.1 Å². The van der Waals surface area contributed by atoms with Crippen molar-refractivity contribution in [3.8, 4) is 5.75 Å². The van der Waals surface area contributed by atoms with E-state index in [4.69, 9.17) is 4.74 Å². The van der Waals surface area contributed by atoms with Gasteiger partial charge in [-0.15, -0.1) is 0 Å². The monoisotopic (exact) mass is 382 g/mol. The summed E-state index contributed by atoms with van der Waals surface area (Å²) in [6, 6.07) is 16.1. The van der Waals surface area contributed by atoms with Gasteiger partial charge in [0.05, 0.1) is 7.11 Å². The van der Waals surface area contributed by atoms with E-state index in [1.54, 1.807) is 18.9 Å². The van der Waals surface area contributed by atoms with Crippen LogP contribution in [0.1, 0.15) is 29.6 Å². The molecule has 1 unspecified atom stereocenters. The lowest BCUT2D eigenvalue weighted by molar-refractivity contribution is 0.0928. The third kappa shape index (κ3) is 4.66. The molecule has 3 aliphatic rings. The summed E-state index contributed by atoms with van der Waals surface area (Å²) in [5.74, 6) is 1.67. The van der Waals surface area contributed by atoms with Crippen molar-refractivity contribution in [1.29, 1.82) is 0 Å². The van der Waals surface area contributed by atoms with Crippen molar-refractivity contribution in [2.75, 3.05) is 26.7 Å². The third-order valence-corrected chi connectivity index (χ3v) is 6.53. The van der Waals surface area contributed by atoms with Gasteiger partial charge in [0.25, 0.3) is 5.91 Å². The number of hydrogen-bond acceptors (Lipinski definition) is 4. The summed E-state index contributed by atoms with van der Waals surface area (Å²) in [7, 11) is 1.67. The van der Waals surface area contributed by atoms with Crippen molar-refractivity contribution in [3.63, 3.8) is 0 Å². The first-order valence-electron chi connectivity index (χ1n) is 9.65. The molecule has 3 fully saturated rings. The van der Waals surface area contributed by atoms with Gasteiger partial charge in [0.2, 0.25) is 0 Å². The maximum atomic E-state index is 12.7. The molecule has 4 nitrogen and oxygen atoms in total. The van der Waals surface area contributed by atoms with E-state index >= 15 is 0 Å². The van der Waals surface area contributed by atoms with Gasteiger partial charge >= 0.3 is 0 Å². The predicted molar refractivity (Wildman–Crippen MR) is 109 cm³/mol. The summed E-state index contributed by atoms with van der Waals surface area (Å²) in [6.07, 6.45) is 3.68. The molecule has 0 aliphatic carbocycles.